The molecule has 30 heavy (non-hydrogen) atoms. The molecule has 0 spiro atoms. The Morgan fingerprint density at radius 1 is 0.433 bits per heavy atom. The maximum Gasteiger partial charge on any atom is 0.508 e. The largest absolute Gasteiger partial charge is 0.508 e. The second-order valence-corrected chi connectivity index (χ2v) is 6.33. The van der Waals surface area contributed by atoms with Crippen molar-refractivity contribution in [1.82, 2.24) is 0 Å². The van der Waals surface area contributed by atoms with E-state index >= 15 is 0 Å². The summed E-state index contributed by atoms with van der Waals surface area (Å²) < 4.78 is 41.8. The lowest BCUT2D eigenvalue weighted by Gasteiger charge is -2.08. The van der Waals surface area contributed by atoms with E-state index < -0.39 is 6.16 Å². The number of ether oxygens (including phenoxy) is 8. The smallest absolute Gasteiger partial charge is 0.432 e. The van der Waals surface area contributed by atoms with Crippen LogP contribution in [0, 0.1) is 0 Å². The second-order valence-electron chi connectivity index (χ2n) is 6.33. The van der Waals surface area contributed by atoms with E-state index in [2.05, 4.69) is 13.8 Å². The second kappa shape index (κ2) is 26.1. The monoisotopic (exact) mass is 438 g/mol. The van der Waals surface area contributed by atoms with Crippen molar-refractivity contribution >= 4 is 6.16 Å². The molecular formula is C21H42O9. The van der Waals surface area contributed by atoms with Crippen molar-refractivity contribution < 1.29 is 42.7 Å². The summed E-state index contributed by atoms with van der Waals surface area (Å²) >= 11 is 0. The Labute approximate surface area is 181 Å². The summed E-state index contributed by atoms with van der Waals surface area (Å²) in [6, 6.07) is 0. The molecule has 0 heterocycles. The minimum Gasteiger partial charge on any atom is -0.432 e. The van der Waals surface area contributed by atoms with Crippen LogP contribution in [0.1, 0.15) is 39.5 Å². The van der Waals surface area contributed by atoms with E-state index in [4.69, 9.17) is 37.9 Å². The number of unbranched alkanes of at least 4 members (excludes halogenated alkanes) is 2. The highest BCUT2D eigenvalue weighted by molar-refractivity contribution is 5.59. The van der Waals surface area contributed by atoms with Crippen LogP contribution in [-0.2, 0) is 37.9 Å². The molecule has 0 bridgehead atoms. The Hall–Kier alpha value is -0.970. The maximum absolute atomic E-state index is 11.4. The molecule has 0 aromatic rings. The zero-order valence-electron chi connectivity index (χ0n) is 18.9. The minimum atomic E-state index is -0.733. The average molecular weight is 439 g/mol. The van der Waals surface area contributed by atoms with Crippen molar-refractivity contribution in [3.05, 3.63) is 0 Å². The fraction of sp³-hybridized carbons (Fsp3) is 0.952. The van der Waals surface area contributed by atoms with Crippen LogP contribution in [0.5, 0.6) is 0 Å². The molecule has 0 aliphatic carbocycles. The quantitative estimate of drug-likeness (QED) is 0.167. The van der Waals surface area contributed by atoms with Crippen molar-refractivity contribution in [1.29, 1.82) is 0 Å². The predicted octanol–water partition coefficient (Wildman–Crippen LogP) is 2.84. The number of carbonyl (C=O) groups is 1. The molecule has 0 amide bonds. The van der Waals surface area contributed by atoms with Crippen molar-refractivity contribution in [2.75, 3.05) is 92.5 Å². The van der Waals surface area contributed by atoms with Gasteiger partial charge in [0.25, 0.3) is 0 Å². The van der Waals surface area contributed by atoms with Gasteiger partial charge in [-0.1, -0.05) is 26.7 Å². The molecular weight excluding hydrogens is 396 g/mol. The highest BCUT2D eigenvalue weighted by Crippen LogP contribution is 1.90. The highest BCUT2D eigenvalue weighted by Gasteiger charge is 2.03. The fourth-order valence-electron chi connectivity index (χ4n) is 1.99. The van der Waals surface area contributed by atoms with Crippen molar-refractivity contribution in [3.63, 3.8) is 0 Å². The zero-order chi connectivity index (χ0) is 22.0. The lowest BCUT2D eigenvalue weighted by Crippen LogP contribution is -2.17. The summed E-state index contributed by atoms with van der Waals surface area (Å²) in [5.41, 5.74) is 0. The van der Waals surface area contributed by atoms with Crippen LogP contribution in [0.2, 0.25) is 0 Å². The van der Waals surface area contributed by atoms with Gasteiger partial charge in [-0.15, -0.1) is 0 Å². The molecule has 0 unspecified atom stereocenters. The van der Waals surface area contributed by atoms with E-state index in [9.17, 15) is 4.79 Å². The van der Waals surface area contributed by atoms with Gasteiger partial charge in [-0.2, -0.15) is 0 Å². The van der Waals surface area contributed by atoms with E-state index in [0.29, 0.717) is 66.1 Å². The van der Waals surface area contributed by atoms with Gasteiger partial charge in [-0.05, 0) is 12.8 Å². The number of hydrogen-bond donors (Lipinski definition) is 0. The molecule has 0 radical (unpaired) electrons. The number of hydrogen-bond acceptors (Lipinski definition) is 9. The predicted molar refractivity (Wildman–Crippen MR) is 112 cm³/mol. The van der Waals surface area contributed by atoms with Gasteiger partial charge in [-0.3, -0.25) is 0 Å². The summed E-state index contributed by atoms with van der Waals surface area (Å²) in [4.78, 5) is 11.4. The Morgan fingerprint density at radius 3 is 1.00 bits per heavy atom. The maximum atomic E-state index is 11.4. The summed E-state index contributed by atoms with van der Waals surface area (Å²) in [5.74, 6) is 0. The first-order valence-corrected chi connectivity index (χ1v) is 11.1. The highest BCUT2D eigenvalue weighted by atomic mass is 16.7. The molecule has 0 aliphatic heterocycles. The Balaban J connectivity index is 3.14. The van der Waals surface area contributed by atoms with Crippen LogP contribution < -0.4 is 0 Å². The van der Waals surface area contributed by atoms with Gasteiger partial charge in [0, 0.05) is 13.2 Å². The SMILES string of the molecule is CCCCOCCOCCOCCOC(=O)OCCOCCOCCOCCCC. The van der Waals surface area contributed by atoms with Gasteiger partial charge in [0.2, 0.25) is 0 Å². The Morgan fingerprint density at radius 2 is 0.700 bits per heavy atom. The van der Waals surface area contributed by atoms with Gasteiger partial charge >= 0.3 is 6.16 Å². The summed E-state index contributed by atoms with van der Waals surface area (Å²) in [6.07, 6.45) is 3.67. The summed E-state index contributed by atoms with van der Waals surface area (Å²) in [6.45, 7) is 10.8. The molecule has 9 heteroatoms. The molecule has 0 saturated carbocycles. The molecule has 0 rings (SSSR count). The van der Waals surface area contributed by atoms with Crippen LogP contribution in [-0.4, -0.2) is 98.7 Å². The third-order valence-electron chi connectivity index (χ3n) is 3.67. The van der Waals surface area contributed by atoms with Gasteiger partial charge in [0.1, 0.15) is 13.2 Å². The average Bonchev–Trinajstić information content (AvgIpc) is 2.75. The first-order valence-electron chi connectivity index (χ1n) is 11.1. The van der Waals surface area contributed by atoms with Crippen LogP contribution in [0.4, 0.5) is 4.79 Å². The lowest BCUT2D eigenvalue weighted by atomic mass is 10.4. The van der Waals surface area contributed by atoms with Crippen molar-refractivity contribution in [2.45, 2.75) is 39.5 Å². The van der Waals surface area contributed by atoms with E-state index in [-0.39, 0.29) is 13.2 Å². The lowest BCUT2D eigenvalue weighted by molar-refractivity contribution is -0.0147. The molecule has 180 valence electrons. The summed E-state index contributed by atoms with van der Waals surface area (Å²) in [5, 5.41) is 0. The van der Waals surface area contributed by atoms with E-state index in [1.807, 2.05) is 0 Å². The van der Waals surface area contributed by atoms with Crippen LogP contribution >= 0.6 is 0 Å². The normalized spacial score (nSPS) is 11.0. The van der Waals surface area contributed by atoms with Crippen LogP contribution in [0.3, 0.4) is 0 Å². The standard InChI is InChI=1S/C21H42O9/c1-3-5-7-23-9-11-25-13-15-27-17-19-29-21(22)30-20-18-28-16-14-26-12-10-24-8-6-4-2/h3-20H2,1-2H3. The molecule has 0 atom stereocenters. The van der Waals surface area contributed by atoms with Crippen molar-refractivity contribution in [3.8, 4) is 0 Å². The minimum absolute atomic E-state index is 0.133. The molecule has 0 fully saturated rings. The van der Waals surface area contributed by atoms with E-state index in [1.165, 1.54) is 0 Å². The number of rotatable bonds is 24. The Kier molecular flexibility index (Phi) is 25.2. The summed E-state index contributed by atoms with van der Waals surface area (Å²) in [7, 11) is 0. The van der Waals surface area contributed by atoms with Crippen molar-refractivity contribution in [2.24, 2.45) is 0 Å². The topological polar surface area (TPSA) is 90.9 Å². The fourth-order valence-corrected chi connectivity index (χ4v) is 1.99. The Bertz CT molecular complexity index is 312. The zero-order valence-corrected chi connectivity index (χ0v) is 18.9. The third kappa shape index (κ3) is 25.1. The first-order chi connectivity index (χ1) is 14.8. The number of carbonyl (C=O) groups excluding carboxylic acids is 1. The van der Waals surface area contributed by atoms with Gasteiger partial charge in [0.05, 0.1) is 66.1 Å². The molecule has 0 N–H and O–H groups in total. The first kappa shape index (κ1) is 29.0. The molecule has 0 aromatic heterocycles. The molecule has 0 saturated heterocycles. The van der Waals surface area contributed by atoms with Crippen LogP contribution in [0.25, 0.3) is 0 Å². The molecule has 0 aliphatic rings. The molecule has 0 aromatic carbocycles. The van der Waals surface area contributed by atoms with Gasteiger partial charge in [0.15, 0.2) is 0 Å². The van der Waals surface area contributed by atoms with E-state index in [0.717, 1.165) is 38.9 Å². The molecule has 9 nitrogen and oxygen atoms in total. The van der Waals surface area contributed by atoms with Crippen LogP contribution in [0.15, 0.2) is 0 Å². The van der Waals surface area contributed by atoms with E-state index in [1.54, 1.807) is 0 Å². The third-order valence-corrected chi connectivity index (χ3v) is 3.67. The van der Waals surface area contributed by atoms with Gasteiger partial charge < -0.3 is 37.9 Å². The van der Waals surface area contributed by atoms with Gasteiger partial charge in [-0.25, -0.2) is 4.79 Å².